The molecule has 1 heterocycles. The molecule has 3 rings (SSSR count). The van der Waals surface area contributed by atoms with Gasteiger partial charge in [0.25, 0.3) is 0 Å². The number of hydrogen-bond donors (Lipinski definition) is 2. The predicted molar refractivity (Wildman–Crippen MR) is 107 cm³/mol. The van der Waals surface area contributed by atoms with Gasteiger partial charge in [0.15, 0.2) is 5.82 Å². The zero-order valence-electron chi connectivity index (χ0n) is 15.3. The number of methoxy groups -OCH3 is 1. The summed E-state index contributed by atoms with van der Waals surface area (Å²) in [6.45, 7) is 2.70. The highest BCUT2D eigenvalue weighted by Gasteiger charge is 2.11. The van der Waals surface area contributed by atoms with E-state index < -0.39 is 0 Å². The minimum atomic E-state index is -0.0291. The summed E-state index contributed by atoms with van der Waals surface area (Å²) in [5.74, 6) is 1.97. The Kier molecular flexibility index (Phi) is 6.49. The molecule has 0 spiro atoms. The van der Waals surface area contributed by atoms with E-state index in [1.165, 1.54) is 17.3 Å². The Hall–Kier alpha value is -2.80. The Labute approximate surface area is 162 Å². The Morgan fingerprint density at radius 3 is 2.63 bits per heavy atom. The molecule has 0 aliphatic carbocycles. The SMILES string of the molecule is COc1ccc(-c2nc(SCC(=O)NC[C@@H](C)c3ccccc3)n[nH]2)cc1. The summed E-state index contributed by atoms with van der Waals surface area (Å²) >= 11 is 1.31. The van der Waals surface area contributed by atoms with Gasteiger partial charge >= 0.3 is 0 Å². The summed E-state index contributed by atoms with van der Waals surface area (Å²) in [7, 11) is 1.63. The van der Waals surface area contributed by atoms with Crippen LogP contribution in [-0.4, -0.2) is 40.5 Å². The topological polar surface area (TPSA) is 79.9 Å². The van der Waals surface area contributed by atoms with Crippen LogP contribution in [0.4, 0.5) is 0 Å². The minimum Gasteiger partial charge on any atom is -0.497 e. The van der Waals surface area contributed by atoms with Crippen LogP contribution in [0.25, 0.3) is 11.4 Å². The van der Waals surface area contributed by atoms with E-state index in [0.29, 0.717) is 17.5 Å². The van der Waals surface area contributed by atoms with Crippen molar-refractivity contribution in [1.82, 2.24) is 20.5 Å². The number of rotatable bonds is 8. The molecule has 0 saturated carbocycles. The maximum Gasteiger partial charge on any atom is 0.230 e. The predicted octanol–water partition coefficient (Wildman–Crippen LogP) is 3.49. The number of nitrogens with zero attached hydrogens (tertiary/aromatic N) is 2. The number of carbonyl (C=O) groups is 1. The number of aromatic amines is 1. The molecule has 0 aliphatic rings. The number of aromatic nitrogens is 3. The van der Waals surface area contributed by atoms with Crippen molar-refractivity contribution >= 4 is 17.7 Å². The first-order chi connectivity index (χ1) is 13.2. The average molecular weight is 382 g/mol. The lowest BCUT2D eigenvalue weighted by molar-refractivity contribution is -0.118. The van der Waals surface area contributed by atoms with Crippen LogP contribution in [0.1, 0.15) is 18.4 Å². The van der Waals surface area contributed by atoms with Gasteiger partial charge in [0.2, 0.25) is 11.1 Å². The van der Waals surface area contributed by atoms with Gasteiger partial charge in [0.05, 0.1) is 12.9 Å². The highest BCUT2D eigenvalue weighted by atomic mass is 32.2. The Balaban J connectivity index is 1.47. The molecule has 7 heteroatoms. The molecule has 0 bridgehead atoms. The average Bonchev–Trinajstić information content (AvgIpc) is 3.20. The molecule has 2 aromatic carbocycles. The van der Waals surface area contributed by atoms with Crippen LogP contribution in [0.2, 0.25) is 0 Å². The first-order valence-electron chi connectivity index (χ1n) is 8.67. The van der Waals surface area contributed by atoms with Crippen molar-refractivity contribution in [3.05, 3.63) is 60.2 Å². The van der Waals surface area contributed by atoms with Crippen molar-refractivity contribution in [2.75, 3.05) is 19.4 Å². The molecular formula is C20H22N4O2S. The highest BCUT2D eigenvalue weighted by molar-refractivity contribution is 7.99. The van der Waals surface area contributed by atoms with Gasteiger partial charge in [-0.1, -0.05) is 49.0 Å². The molecule has 2 N–H and O–H groups in total. The maximum absolute atomic E-state index is 12.1. The summed E-state index contributed by atoms with van der Waals surface area (Å²) in [6.07, 6.45) is 0. The van der Waals surface area contributed by atoms with Crippen LogP contribution >= 0.6 is 11.8 Å². The van der Waals surface area contributed by atoms with Gasteiger partial charge in [0.1, 0.15) is 5.75 Å². The molecule has 1 amide bonds. The van der Waals surface area contributed by atoms with Crippen molar-refractivity contribution in [3.8, 4) is 17.1 Å². The Morgan fingerprint density at radius 1 is 1.19 bits per heavy atom. The summed E-state index contributed by atoms with van der Waals surface area (Å²) in [5.41, 5.74) is 2.12. The van der Waals surface area contributed by atoms with E-state index in [4.69, 9.17) is 4.74 Å². The second-order valence-corrected chi connectivity index (χ2v) is 7.04. The van der Waals surface area contributed by atoms with Gasteiger partial charge < -0.3 is 10.1 Å². The number of thioether (sulfide) groups is 1. The molecule has 140 valence electrons. The number of hydrogen-bond acceptors (Lipinski definition) is 5. The van der Waals surface area contributed by atoms with E-state index in [0.717, 1.165) is 11.3 Å². The van der Waals surface area contributed by atoms with Crippen molar-refractivity contribution in [1.29, 1.82) is 0 Å². The molecule has 6 nitrogen and oxygen atoms in total. The maximum atomic E-state index is 12.1. The second kappa shape index (κ2) is 9.23. The fourth-order valence-corrected chi connectivity index (χ4v) is 3.16. The molecule has 0 fully saturated rings. The third kappa shape index (κ3) is 5.34. The van der Waals surface area contributed by atoms with Crippen molar-refractivity contribution in [2.24, 2.45) is 0 Å². The smallest absolute Gasteiger partial charge is 0.230 e. The molecule has 0 unspecified atom stereocenters. The molecular weight excluding hydrogens is 360 g/mol. The van der Waals surface area contributed by atoms with E-state index in [9.17, 15) is 4.79 Å². The van der Waals surface area contributed by atoms with E-state index in [-0.39, 0.29) is 17.6 Å². The number of H-pyrrole nitrogens is 1. The Morgan fingerprint density at radius 2 is 1.93 bits per heavy atom. The quantitative estimate of drug-likeness (QED) is 0.583. The standard InChI is InChI=1S/C20H22N4O2S/c1-14(15-6-4-3-5-7-15)12-21-18(25)13-27-20-22-19(23-24-20)16-8-10-17(26-2)11-9-16/h3-11,14H,12-13H2,1-2H3,(H,21,25)(H,22,23,24)/t14-/m1/s1. The van der Waals surface area contributed by atoms with Crippen LogP contribution in [0, 0.1) is 0 Å². The van der Waals surface area contributed by atoms with Crippen LogP contribution in [-0.2, 0) is 4.79 Å². The lowest BCUT2D eigenvalue weighted by Gasteiger charge is -2.12. The summed E-state index contributed by atoms with van der Waals surface area (Å²) in [4.78, 5) is 16.5. The first-order valence-corrected chi connectivity index (χ1v) is 9.65. The van der Waals surface area contributed by atoms with Crippen molar-refractivity contribution in [2.45, 2.75) is 18.0 Å². The summed E-state index contributed by atoms with van der Waals surface area (Å²) < 4.78 is 5.15. The lowest BCUT2D eigenvalue weighted by atomic mass is 10.0. The highest BCUT2D eigenvalue weighted by Crippen LogP contribution is 2.21. The molecule has 1 aromatic heterocycles. The van der Waals surface area contributed by atoms with Crippen LogP contribution in [0.5, 0.6) is 5.75 Å². The van der Waals surface area contributed by atoms with E-state index in [1.807, 2.05) is 42.5 Å². The van der Waals surface area contributed by atoms with Crippen molar-refractivity contribution < 1.29 is 9.53 Å². The van der Waals surface area contributed by atoms with Gasteiger partial charge in [0, 0.05) is 12.1 Å². The number of ether oxygens (including phenoxy) is 1. The number of carbonyl (C=O) groups excluding carboxylic acids is 1. The number of benzene rings is 2. The Bertz CT molecular complexity index is 865. The third-order valence-corrected chi connectivity index (χ3v) is 4.98. The monoisotopic (exact) mass is 382 g/mol. The van der Waals surface area contributed by atoms with E-state index in [1.54, 1.807) is 7.11 Å². The van der Waals surface area contributed by atoms with Crippen molar-refractivity contribution in [3.63, 3.8) is 0 Å². The molecule has 0 radical (unpaired) electrons. The van der Waals surface area contributed by atoms with Crippen LogP contribution in [0.15, 0.2) is 59.8 Å². The van der Waals surface area contributed by atoms with Crippen LogP contribution in [0.3, 0.4) is 0 Å². The van der Waals surface area contributed by atoms with Gasteiger partial charge in [-0.2, -0.15) is 0 Å². The zero-order valence-corrected chi connectivity index (χ0v) is 16.1. The fraction of sp³-hybridized carbons (Fsp3) is 0.250. The van der Waals surface area contributed by atoms with Crippen LogP contribution < -0.4 is 10.1 Å². The molecule has 1 atom stereocenters. The molecule has 0 aliphatic heterocycles. The fourth-order valence-electron chi connectivity index (χ4n) is 2.54. The normalized spacial score (nSPS) is 11.8. The summed E-state index contributed by atoms with van der Waals surface area (Å²) in [5, 5.41) is 10.6. The first kappa shape index (κ1) is 19.0. The summed E-state index contributed by atoms with van der Waals surface area (Å²) in [6, 6.07) is 17.7. The van der Waals surface area contributed by atoms with Gasteiger partial charge in [-0.25, -0.2) is 4.98 Å². The lowest BCUT2D eigenvalue weighted by Crippen LogP contribution is -2.29. The zero-order chi connectivity index (χ0) is 19.1. The van der Waals surface area contributed by atoms with Gasteiger partial charge in [-0.3, -0.25) is 9.89 Å². The van der Waals surface area contributed by atoms with Gasteiger partial charge in [-0.05, 0) is 35.7 Å². The minimum absolute atomic E-state index is 0.0291. The second-order valence-electron chi connectivity index (χ2n) is 6.10. The molecule has 3 aromatic rings. The molecule has 0 saturated heterocycles. The third-order valence-electron chi connectivity index (χ3n) is 4.13. The largest absolute Gasteiger partial charge is 0.497 e. The number of amides is 1. The van der Waals surface area contributed by atoms with E-state index >= 15 is 0 Å². The number of nitrogens with one attached hydrogen (secondary N) is 2. The van der Waals surface area contributed by atoms with E-state index in [2.05, 4.69) is 39.6 Å². The molecule has 27 heavy (non-hydrogen) atoms. The van der Waals surface area contributed by atoms with Gasteiger partial charge in [-0.15, -0.1) is 5.10 Å².